The molecule has 0 aromatic carbocycles. The van der Waals surface area contributed by atoms with E-state index in [-0.39, 0.29) is 5.97 Å². The van der Waals surface area contributed by atoms with Crippen LogP contribution < -0.4 is 0 Å². The third-order valence-electron chi connectivity index (χ3n) is 2.82. The highest BCUT2D eigenvalue weighted by Gasteiger charge is 2.03. The standard InChI is InChI=1S/C17H34O5/c1-15(2)7-9-22-17(18)6-5-8-19-10-11-20-12-13-21-14-16(3)4/h15-16H,5-14H2,1-4H3. The molecule has 0 aliphatic carbocycles. The fourth-order valence-electron chi connectivity index (χ4n) is 1.56. The van der Waals surface area contributed by atoms with E-state index in [0.717, 1.165) is 13.0 Å². The van der Waals surface area contributed by atoms with Crippen molar-refractivity contribution < 1.29 is 23.7 Å². The molecule has 22 heavy (non-hydrogen) atoms. The second kappa shape index (κ2) is 15.3. The third-order valence-corrected chi connectivity index (χ3v) is 2.82. The van der Waals surface area contributed by atoms with E-state index >= 15 is 0 Å². The summed E-state index contributed by atoms with van der Waals surface area (Å²) in [6.07, 6.45) is 2.03. The molecule has 0 saturated carbocycles. The molecule has 0 bridgehead atoms. The molecule has 0 spiro atoms. The topological polar surface area (TPSA) is 54.0 Å². The van der Waals surface area contributed by atoms with Crippen molar-refractivity contribution in [3.63, 3.8) is 0 Å². The highest BCUT2D eigenvalue weighted by atomic mass is 16.5. The zero-order chi connectivity index (χ0) is 16.6. The first-order valence-electron chi connectivity index (χ1n) is 8.41. The lowest BCUT2D eigenvalue weighted by Gasteiger charge is -2.08. The van der Waals surface area contributed by atoms with Crippen LogP contribution in [0.25, 0.3) is 0 Å². The first kappa shape index (κ1) is 21.4. The molecule has 0 fully saturated rings. The summed E-state index contributed by atoms with van der Waals surface area (Å²) < 4.78 is 21.3. The SMILES string of the molecule is CC(C)CCOC(=O)CCCOCCOCCOCC(C)C. The van der Waals surface area contributed by atoms with Gasteiger partial charge in [-0.05, 0) is 24.7 Å². The predicted octanol–water partition coefficient (Wildman–Crippen LogP) is 3.06. The van der Waals surface area contributed by atoms with Crippen LogP contribution in [0.2, 0.25) is 0 Å². The van der Waals surface area contributed by atoms with E-state index in [0.29, 0.717) is 64.3 Å². The third kappa shape index (κ3) is 17.4. The van der Waals surface area contributed by atoms with E-state index in [1.165, 1.54) is 0 Å². The van der Waals surface area contributed by atoms with Gasteiger partial charge in [-0.3, -0.25) is 4.79 Å². The molecular weight excluding hydrogens is 284 g/mol. The van der Waals surface area contributed by atoms with Gasteiger partial charge in [-0.25, -0.2) is 0 Å². The van der Waals surface area contributed by atoms with Crippen molar-refractivity contribution in [2.24, 2.45) is 11.8 Å². The summed E-state index contributed by atoms with van der Waals surface area (Å²) in [5.74, 6) is 0.982. The molecule has 0 amide bonds. The lowest BCUT2D eigenvalue weighted by atomic mass is 10.1. The molecule has 132 valence electrons. The van der Waals surface area contributed by atoms with E-state index < -0.39 is 0 Å². The van der Waals surface area contributed by atoms with Gasteiger partial charge in [-0.15, -0.1) is 0 Å². The first-order chi connectivity index (χ1) is 10.5. The van der Waals surface area contributed by atoms with Crippen LogP contribution >= 0.6 is 0 Å². The molecule has 5 nitrogen and oxygen atoms in total. The van der Waals surface area contributed by atoms with Gasteiger partial charge in [0.2, 0.25) is 0 Å². The fraction of sp³-hybridized carbons (Fsp3) is 0.941. The molecule has 0 unspecified atom stereocenters. The zero-order valence-electron chi connectivity index (χ0n) is 14.8. The van der Waals surface area contributed by atoms with E-state index in [4.69, 9.17) is 18.9 Å². The van der Waals surface area contributed by atoms with Gasteiger partial charge in [0.05, 0.1) is 33.0 Å². The van der Waals surface area contributed by atoms with Gasteiger partial charge >= 0.3 is 5.97 Å². The highest BCUT2D eigenvalue weighted by Crippen LogP contribution is 2.01. The van der Waals surface area contributed by atoms with Gasteiger partial charge in [-0.2, -0.15) is 0 Å². The van der Waals surface area contributed by atoms with Crippen molar-refractivity contribution in [2.75, 3.05) is 46.2 Å². The summed E-state index contributed by atoms with van der Waals surface area (Å²) in [6, 6.07) is 0. The molecule has 0 atom stereocenters. The average Bonchev–Trinajstić information content (AvgIpc) is 2.44. The van der Waals surface area contributed by atoms with Crippen LogP contribution in [-0.4, -0.2) is 52.2 Å². The molecule has 0 heterocycles. The lowest BCUT2D eigenvalue weighted by molar-refractivity contribution is -0.144. The Morgan fingerprint density at radius 1 is 0.773 bits per heavy atom. The number of carbonyl (C=O) groups excluding carboxylic acids is 1. The van der Waals surface area contributed by atoms with Crippen LogP contribution in [0.3, 0.4) is 0 Å². The van der Waals surface area contributed by atoms with Crippen LogP contribution in [0.15, 0.2) is 0 Å². The summed E-state index contributed by atoms with van der Waals surface area (Å²) in [6.45, 7) is 12.6. The van der Waals surface area contributed by atoms with Crippen molar-refractivity contribution in [1.82, 2.24) is 0 Å². The number of hydrogen-bond donors (Lipinski definition) is 0. The van der Waals surface area contributed by atoms with E-state index in [1.54, 1.807) is 0 Å². The Hall–Kier alpha value is -0.650. The van der Waals surface area contributed by atoms with E-state index in [1.807, 2.05) is 0 Å². The van der Waals surface area contributed by atoms with Gasteiger partial charge in [0, 0.05) is 19.6 Å². The smallest absolute Gasteiger partial charge is 0.305 e. The molecule has 5 heteroatoms. The molecule has 0 aliphatic heterocycles. The summed E-state index contributed by atoms with van der Waals surface area (Å²) in [5, 5.41) is 0. The maximum absolute atomic E-state index is 11.4. The summed E-state index contributed by atoms with van der Waals surface area (Å²) in [4.78, 5) is 11.4. The van der Waals surface area contributed by atoms with Gasteiger partial charge in [0.1, 0.15) is 0 Å². The van der Waals surface area contributed by atoms with Gasteiger partial charge < -0.3 is 18.9 Å². The molecule has 0 N–H and O–H groups in total. The second-order valence-electron chi connectivity index (χ2n) is 6.20. The Labute approximate surface area is 135 Å². The van der Waals surface area contributed by atoms with E-state index in [9.17, 15) is 4.79 Å². The van der Waals surface area contributed by atoms with Gasteiger partial charge in [-0.1, -0.05) is 27.7 Å². The van der Waals surface area contributed by atoms with Gasteiger partial charge in [0.15, 0.2) is 0 Å². The Kier molecular flexibility index (Phi) is 14.8. The van der Waals surface area contributed by atoms with Crippen LogP contribution in [0.4, 0.5) is 0 Å². The quantitative estimate of drug-likeness (QED) is 0.343. The van der Waals surface area contributed by atoms with Crippen LogP contribution in [-0.2, 0) is 23.7 Å². The van der Waals surface area contributed by atoms with Crippen molar-refractivity contribution in [2.45, 2.75) is 47.0 Å². The molecule has 0 saturated heterocycles. The van der Waals surface area contributed by atoms with Crippen molar-refractivity contribution >= 4 is 5.97 Å². The fourth-order valence-corrected chi connectivity index (χ4v) is 1.56. The highest BCUT2D eigenvalue weighted by molar-refractivity contribution is 5.69. The van der Waals surface area contributed by atoms with Crippen molar-refractivity contribution in [3.05, 3.63) is 0 Å². The first-order valence-corrected chi connectivity index (χ1v) is 8.41. The second-order valence-corrected chi connectivity index (χ2v) is 6.20. The number of ether oxygens (including phenoxy) is 4. The van der Waals surface area contributed by atoms with Crippen molar-refractivity contribution in [3.8, 4) is 0 Å². The maximum Gasteiger partial charge on any atom is 0.305 e. The minimum absolute atomic E-state index is 0.136. The molecular formula is C17H34O5. The number of carbonyl (C=O) groups is 1. The molecule has 0 aromatic rings. The summed E-state index contributed by atoms with van der Waals surface area (Å²) >= 11 is 0. The minimum Gasteiger partial charge on any atom is -0.466 e. The summed E-state index contributed by atoms with van der Waals surface area (Å²) in [7, 11) is 0. The number of rotatable bonds is 15. The Morgan fingerprint density at radius 2 is 1.36 bits per heavy atom. The Bertz CT molecular complexity index is 253. The molecule has 0 aliphatic rings. The molecule has 0 radical (unpaired) electrons. The average molecular weight is 318 g/mol. The summed E-state index contributed by atoms with van der Waals surface area (Å²) in [5.41, 5.74) is 0. The monoisotopic (exact) mass is 318 g/mol. The maximum atomic E-state index is 11.4. The Morgan fingerprint density at radius 3 is 1.95 bits per heavy atom. The van der Waals surface area contributed by atoms with E-state index in [2.05, 4.69) is 27.7 Å². The number of hydrogen-bond acceptors (Lipinski definition) is 5. The van der Waals surface area contributed by atoms with Crippen LogP contribution in [0.1, 0.15) is 47.0 Å². The normalized spacial score (nSPS) is 11.4. The predicted molar refractivity (Wildman–Crippen MR) is 86.9 cm³/mol. The van der Waals surface area contributed by atoms with Crippen molar-refractivity contribution in [1.29, 1.82) is 0 Å². The van der Waals surface area contributed by atoms with Crippen LogP contribution in [0.5, 0.6) is 0 Å². The zero-order valence-corrected chi connectivity index (χ0v) is 14.8. The Balaban J connectivity index is 3.15. The number of esters is 1. The lowest BCUT2D eigenvalue weighted by Crippen LogP contribution is -2.12. The van der Waals surface area contributed by atoms with Crippen LogP contribution in [0, 0.1) is 11.8 Å². The largest absolute Gasteiger partial charge is 0.466 e. The molecule has 0 aromatic heterocycles. The molecule has 0 rings (SSSR count). The minimum atomic E-state index is -0.136. The van der Waals surface area contributed by atoms with Gasteiger partial charge in [0.25, 0.3) is 0 Å².